The average molecular weight is 269 g/mol. The number of carbonyl (C=O) groups is 1. The van der Waals surface area contributed by atoms with E-state index in [1.807, 2.05) is 24.3 Å². The number of carbonyl (C=O) groups excluding carboxylic acids is 1. The summed E-state index contributed by atoms with van der Waals surface area (Å²) in [7, 11) is 0. The molecule has 0 aliphatic rings. The molecular formula is C15H21ClO2. The molecule has 0 fully saturated rings. The van der Waals surface area contributed by atoms with Crippen molar-refractivity contribution in [2.24, 2.45) is 0 Å². The Morgan fingerprint density at radius 1 is 1.17 bits per heavy atom. The standard InChI is InChI=1S/C15H21ClO2/c1-6-14(2,3)11-7-9-12(10-8-11)18-15(4,5)13(16)17/h7-10H,6H2,1-5H3. The predicted molar refractivity (Wildman–Crippen MR) is 75.3 cm³/mol. The second-order valence-corrected chi connectivity index (χ2v) is 5.99. The molecule has 0 aliphatic carbocycles. The maximum absolute atomic E-state index is 11.2. The summed E-state index contributed by atoms with van der Waals surface area (Å²) in [4.78, 5) is 11.2. The van der Waals surface area contributed by atoms with Gasteiger partial charge in [-0.1, -0.05) is 32.9 Å². The van der Waals surface area contributed by atoms with E-state index in [0.717, 1.165) is 6.42 Å². The zero-order valence-corrected chi connectivity index (χ0v) is 12.5. The van der Waals surface area contributed by atoms with Gasteiger partial charge in [0.25, 0.3) is 5.24 Å². The monoisotopic (exact) mass is 268 g/mol. The molecule has 1 rings (SSSR count). The van der Waals surface area contributed by atoms with E-state index in [4.69, 9.17) is 16.3 Å². The first-order valence-corrected chi connectivity index (χ1v) is 6.56. The molecule has 0 amide bonds. The van der Waals surface area contributed by atoms with Crippen molar-refractivity contribution in [3.05, 3.63) is 29.8 Å². The molecule has 0 atom stereocenters. The molecule has 0 radical (unpaired) electrons. The predicted octanol–water partition coefficient (Wildman–Crippen LogP) is 4.30. The molecule has 0 unspecified atom stereocenters. The van der Waals surface area contributed by atoms with Crippen LogP contribution in [0.2, 0.25) is 0 Å². The molecule has 1 aromatic carbocycles. The Bertz CT molecular complexity index is 419. The summed E-state index contributed by atoms with van der Waals surface area (Å²) in [6.45, 7) is 9.89. The van der Waals surface area contributed by atoms with Gasteiger partial charge in [0.15, 0.2) is 5.60 Å². The van der Waals surface area contributed by atoms with E-state index in [0.29, 0.717) is 5.75 Å². The normalized spacial score (nSPS) is 12.3. The van der Waals surface area contributed by atoms with Gasteiger partial charge in [0.05, 0.1) is 0 Å². The minimum Gasteiger partial charge on any atom is -0.479 e. The summed E-state index contributed by atoms with van der Waals surface area (Å²) in [5.74, 6) is 0.657. The third-order valence-corrected chi connectivity index (χ3v) is 3.82. The summed E-state index contributed by atoms with van der Waals surface area (Å²) in [6, 6.07) is 7.84. The molecule has 2 nitrogen and oxygen atoms in total. The zero-order valence-electron chi connectivity index (χ0n) is 11.7. The molecule has 1 aromatic rings. The second-order valence-electron chi connectivity index (χ2n) is 5.65. The van der Waals surface area contributed by atoms with E-state index in [1.165, 1.54) is 5.56 Å². The van der Waals surface area contributed by atoms with Crippen LogP contribution in [0.3, 0.4) is 0 Å². The lowest BCUT2D eigenvalue weighted by Crippen LogP contribution is -2.34. The highest BCUT2D eigenvalue weighted by Crippen LogP contribution is 2.29. The third-order valence-electron chi connectivity index (χ3n) is 3.37. The van der Waals surface area contributed by atoms with Crippen molar-refractivity contribution in [1.82, 2.24) is 0 Å². The molecule has 0 heterocycles. The maximum Gasteiger partial charge on any atom is 0.264 e. The molecule has 0 saturated carbocycles. The maximum atomic E-state index is 11.2. The summed E-state index contributed by atoms with van der Waals surface area (Å²) in [5, 5.41) is -0.500. The molecule has 0 saturated heterocycles. The van der Waals surface area contributed by atoms with Gasteiger partial charge < -0.3 is 4.74 Å². The number of hydrogen-bond donors (Lipinski definition) is 0. The van der Waals surface area contributed by atoms with Gasteiger partial charge in [-0.05, 0) is 55.0 Å². The van der Waals surface area contributed by atoms with Crippen LogP contribution in [0.25, 0.3) is 0 Å². The smallest absolute Gasteiger partial charge is 0.264 e. The van der Waals surface area contributed by atoms with Crippen molar-refractivity contribution in [2.45, 2.75) is 52.1 Å². The summed E-state index contributed by atoms with van der Waals surface area (Å²) in [6.07, 6.45) is 1.07. The molecular weight excluding hydrogens is 248 g/mol. The fourth-order valence-corrected chi connectivity index (χ4v) is 1.55. The second kappa shape index (κ2) is 5.31. The van der Waals surface area contributed by atoms with Crippen molar-refractivity contribution in [1.29, 1.82) is 0 Å². The Labute approximate surface area is 114 Å². The quantitative estimate of drug-likeness (QED) is 0.745. The Balaban J connectivity index is 2.88. The van der Waals surface area contributed by atoms with Crippen LogP contribution in [0, 0.1) is 0 Å². The zero-order chi connectivity index (χ0) is 14.0. The van der Waals surface area contributed by atoms with Crippen molar-refractivity contribution < 1.29 is 9.53 Å². The highest BCUT2D eigenvalue weighted by molar-refractivity contribution is 6.65. The van der Waals surface area contributed by atoms with Gasteiger partial charge in [0.1, 0.15) is 5.75 Å². The van der Waals surface area contributed by atoms with E-state index in [2.05, 4.69) is 20.8 Å². The topological polar surface area (TPSA) is 26.3 Å². The van der Waals surface area contributed by atoms with Crippen molar-refractivity contribution in [3.8, 4) is 5.75 Å². The lowest BCUT2D eigenvalue weighted by Gasteiger charge is -2.25. The molecule has 18 heavy (non-hydrogen) atoms. The van der Waals surface area contributed by atoms with Gasteiger partial charge in [-0.25, -0.2) is 0 Å². The minimum absolute atomic E-state index is 0.149. The lowest BCUT2D eigenvalue weighted by molar-refractivity contribution is -0.123. The van der Waals surface area contributed by atoms with Crippen LogP contribution < -0.4 is 4.74 Å². The first-order chi connectivity index (χ1) is 8.19. The summed E-state index contributed by atoms with van der Waals surface area (Å²) in [5.41, 5.74) is 0.409. The fourth-order valence-electron chi connectivity index (χ4n) is 1.51. The summed E-state index contributed by atoms with van der Waals surface area (Å²) >= 11 is 5.48. The van der Waals surface area contributed by atoms with Crippen LogP contribution in [0.1, 0.15) is 46.6 Å². The molecule has 0 spiro atoms. The van der Waals surface area contributed by atoms with Crippen LogP contribution in [0.4, 0.5) is 0 Å². The molecule has 0 aliphatic heterocycles. The number of halogens is 1. The first kappa shape index (κ1) is 15.0. The highest BCUT2D eigenvalue weighted by atomic mass is 35.5. The lowest BCUT2D eigenvalue weighted by atomic mass is 9.82. The molecule has 0 bridgehead atoms. The first-order valence-electron chi connectivity index (χ1n) is 6.18. The van der Waals surface area contributed by atoms with E-state index >= 15 is 0 Å². The van der Waals surface area contributed by atoms with Crippen LogP contribution in [0.5, 0.6) is 5.75 Å². The van der Waals surface area contributed by atoms with E-state index in [9.17, 15) is 4.79 Å². The summed E-state index contributed by atoms with van der Waals surface area (Å²) < 4.78 is 5.58. The van der Waals surface area contributed by atoms with Gasteiger partial charge in [0.2, 0.25) is 0 Å². The number of benzene rings is 1. The molecule has 3 heteroatoms. The SMILES string of the molecule is CCC(C)(C)c1ccc(OC(C)(C)C(=O)Cl)cc1. The molecule has 100 valence electrons. The van der Waals surface area contributed by atoms with E-state index in [-0.39, 0.29) is 5.41 Å². The fraction of sp³-hybridized carbons (Fsp3) is 0.533. The van der Waals surface area contributed by atoms with Gasteiger partial charge in [-0.2, -0.15) is 0 Å². The van der Waals surface area contributed by atoms with Crippen molar-refractivity contribution >= 4 is 16.8 Å². The molecule has 0 aromatic heterocycles. The van der Waals surface area contributed by atoms with Crippen molar-refractivity contribution in [2.75, 3.05) is 0 Å². The van der Waals surface area contributed by atoms with Gasteiger partial charge in [0, 0.05) is 0 Å². The Kier molecular flexibility index (Phi) is 4.44. The van der Waals surface area contributed by atoms with E-state index < -0.39 is 10.8 Å². The number of ether oxygens (including phenoxy) is 1. The average Bonchev–Trinajstić information content (AvgIpc) is 2.29. The number of rotatable bonds is 5. The van der Waals surface area contributed by atoms with Gasteiger partial charge >= 0.3 is 0 Å². The van der Waals surface area contributed by atoms with Crippen molar-refractivity contribution in [3.63, 3.8) is 0 Å². The number of hydrogen-bond acceptors (Lipinski definition) is 2. The third kappa shape index (κ3) is 3.49. The van der Waals surface area contributed by atoms with Crippen LogP contribution in [0.15, 0.2) is 24.3 Å². The van der Waals surface area contributed by atoms with E-state index in [1.54, 1.807) is 13.8 Å². The van der Waals surface area contributed by atoms with Crippen LogP contribution in [-0.2, 0) is 10.2 Å². The van der Waals surface area contributed by atoms with Gasteiger partial charge in [-0.15, -0.1) is 0 Å². The highest BCUT2D eigenvalue weighted by Gasteiger charge is 2.28. The minimum atomic E-state index is -0.997. The van der Waals surface area contributed by atoms with Crippen LogP contribution >= 0.6 is 11.6 Å². The molecule has 0 N–H and O–H groups in total. The van der Waals surface area contributed by atoms with Crippen LogP contribution in [-0.4, -0.2) is 10.8 Å². The largest absolute Gasteiger partial charge is 0.479 e. The Hall–Kier alpha value is -1.02. The Morgan fingerprint density at radius 2 is 1.67 bits per heavy atom. The van der Waals surface area contributed by atoms with Gasteiger partial charge in [-0.3, -0.25) is 4.79 Å². The Morgan fingerprint density at radius 3 is 2.06 bits per heavy atom.